The largest absolute Gasteiger partial charge is 0.493 e. The molecule has 0 saturated carbocycles. The van der Waals surface area contributed by atoms with Gasteiger partial charge in [0.15, 0.2) is 5.75 Å². The zero-order valence-electron chi connectivity index (χ0n) is 9.98. The number of aromatic nitrogens is 3. The van der Waals surface area contributed by atoms with Crippen molar-refractivity contribution in [2.24, 2.45) is 0 Å². The number of pyridine rings is 1. The fourth-order valence-corrected chi connectivity index (χ4v) is 2.00. The van der Waals surface area contributed by atoms with Gasteiger partial charge in [0.05, 0.1) is 24.9 Å². The second kappa shape index (κ2) is 4.89. The lowest BCUT2D eigenvalue weighted by Crippen LogP contribution is -2.11. The van der Waals surface area contributed by atoms with Crippen LogP contribution in [0.2, 0.25) is 5.15 Å². The van der Waals surface area contributed by atoms with Crippen LogP contribution in [0.3, 0.4) is 0 Å². The van der Waals surface area contributed by atoms with Gasteiger partial charge in [-0.25, -0.2) is 9.67 Å². The van der Waals surface area contributed by atoms with Crippen LogP contribution in [0.5, 0.6) is 5.75 Å². The summed E-state index contributed by atoms with van der Waals surface area (Å²) in [5.74, 6) is 0.636. The van der Waals surface area contributed by atoms with Crippen molar-refractivity contribution in [1.82, 2.24) is 14.8 Å². The predicted octanol–water partition coefficient (Wildman–Crippen LogP) is 2.65. The Morgan fingerprint density at radius 3 is 2.76 bits per heavy atom. The predicted molar refractivity (Wildman–Crippen MR) is 65.4 cm³/mol. The number of rotatable bonds is 4. The summed E-state index contributed by atoms with van der Waals surface area (Å²) in [5, 5.41) is 5.47. The van der Waals surface area contributed by atoms with E-state index in [-0.39, 0.29) is 6.23 Å². The zero-order valence-corrected chi connectivity index (χ0v) is 10.7. The van der Waals surface area contributed by atoms with E-state index in [0.29, 0.717) is 10.9 Å². The van der Waals surface area contributed by atoms with Gasteiger partial charge in [0.2, 0.25) is 0 Å². The van der Waals surface area contributed by atoms with E-state index in [4.69, 9.17) is 21.1 Å². The molecular weight excluding hydrogens is 242 g/mol. The van der Waals surface area contributed by atoms with E-state index in [1.807, 2.05) is 6.92 Å². The van der Waals surface area contributed by atoms with Crippen molar-refractivity contribution in [2.75, 3.05) is 14.2 Å². The average Bonchev–Trinajstić information content (AvgIpc) is 2.78. The number of fused-ring (bicyclic) bond motifs is 1. The molecule has 0 bridgehead atoms. The molecule has 0 aliphatic heterocycles. The minimum Gasteiger partial charge on any atom is -0.493 e. The molecule has 2 aromatic heterocycles. The van der Waals surface area contributed by atoms with Crippen LogP contribution in [-0.2, 0) is 4.74 Å². The molecule has 6 heteroatoms. The number of nitrogens with zero attached hydrogens (tertiary/aromatic N) is 3. The third-order valence-corrected chi connectivity index (χ3v) is 2.96. The Bertz CT molecular complexity index is 523. The molecule has 5 nitrogen and oxygen atoms in total. The minimum atomic E-state index is -0.139. The maximum Gasteiger partial charge on any atom is 0.163 e. The molecule has 0 aliphatic carbocycles. The molecule has 1 atom stereocenters. The molecule has 0 radical (unpaired) electrons. The molecule has 0 spiro atoms. The fourth-order valence-electron chi connectivity index (χ4n) is 1.81. The van der Waals surface area contributed by atoms with Crippen LogP contribution in [0.25, 0.3) is 10.9 Å². The molecule has 1 unspecified atom stereocenters. The van der Waals surface area contributed by atoms with Crippen LogP contribution in [0, 0.1) is 0 Å². The van der Waals surface area contributed by atoms with Gasteiger partial charge in [-0.1, -0.05) is 18.5 Å². The average molecular weight is 256 g/mol. The Hall–Kier alpha value is -1.33. The highest BCUT2D eigenvalue weighted by Gasteiger charge is 2.17. The van der Waals surface area contributed by atoms with Gasteiger partial charge >= 0.3 is 0 Å². The molecule has 0 N–H and O–H groups in total. The minimum absolute atomic E-state index is 0.139. The smallest absolute Gasteiger partial charge is 0.163 e. The topological polar surface area (TPSA) is 49.2 Å². The molecule has 2 heterocycles. The van der Waals surface area contributed by atoms with E-state index < -0.39 is 0 Å². The third kappa shape index (κ3) is 1.96. The highest BCUT2D eigenvalue weighted by Crippen LogP contribution is 2.31. The van der Waals surface area contributed by atoms with Crippen LogP contribution in [0.4, 0.5) is 0 Å². The van der Waals surface area contributed by atoms with Crippen molar-refractivity contribution >= 4 is 22.5 Å². The molecule has 0 fully saturated rings. The first-order chi connectivity index (χ1) is 8.22. The second-order valence-electron chi connectivity index (χ2n) is 3.57. The summed E-state index contributed by atoms with van der Waals surface area (Å²) < 4.78 is 12.4. The summed E-state index contributed by atoms with van der Waals surface area (Å²) >= 11 is 6.03. The number of ether oxygens (including phenoxy) is 2. The highest BCUT2D eigenvalue weighted by molar-refractivity contribution is 6.34. The summed E-state index contributed by atoms with van der Waals surface area (Å²) in [6.45, 7) is 2.02. The van der Waals surface area contributed by atoms with Gasteiger partial charge in [0, 0.05) is 7.11 Å². The van der Waals surface area contributed by atoms with E-state index in [9.17, 15) is 0 Å². The van der Waals surface area contributed by atoms with E-state index in [0.717, 1.165) is 17.3 Å². The highest BCUT2D eigenvalue weighted by atomic mass is 35.5. The van der Waals surface area contributed by atoms with Crippen molar-refractivity contribution < 1.29 is 9.47 Å². The molecule has 92 valence electrons. The standard InChI is InChI=1S/C11H14ClN3O2/c1-4-9(17-3)15-10-7(5-14-15)11(12)13-6-8(10)16-2/h5-6,9H,4H2,1-3H3. The molecule has 2 rings (SSSR count). The van der Waals surface area contributed by atoms with Crippen LogP contribution >= 0.6 is 11.6 Å². The number of halogens is 1. The molecule has 17 heavy (non-hydrogen) atoms. The van der Waals surface area contributed by atoms with Gasteiger partial charge in [0.1, 0.15) is 16.9 Å². The Labute approximate surface area is 104 Å². The van der Waals surface area contributed by atoms with Crippen LogP contribution in [0.1, 0.15) is 19.6 Å². The van der Waals surface area contributed by atoms with Crippen molar-refractivity contribution in [3.8, 4) is 5.75 Å². The number of methoxy groups -OCH3 is 2. The maximum absolute atomic E-state index is 6.03. The summed E-state index contributed by atoms with van der Waals surface area (Å²) in [7, 11) is 3.24. The van der Waals surface area contributed by atoms with Crippen molar-refractivity contribution in [3.05, 3.63) is 17.5 Å². The molecule has 0 aliphatic rings. The monoisotopic (exact) mass is 255 g/mol. The molecule has 0 amide bonds. The molecule has 0 saturated heterocycles. The van der Waals surface area contributed by atoms with E-state index >= 15 is 0 Å². The lowest BCUT2D eigenvalue weighted by Gasteiger charge is -2.15. The van der Waals surface area contributed by atoms with Gasteiger partial charge in [-0.05, 0) is 6.42 Å². The fraction of sp³-hybridized carbons (Fsp3) is 0.455. The molecular formula is C11H14ClN3O2. The molecule has 2 aromatic rings. The Kier molecular flexibility index (Phi) is 3.49. The van der Waals surface area contributed by atoms with Gasteiger partial charge in [0.25, 0.3) is 0 Å². The van der Waals surface area contributed by atoms with Crippen LogP contribution in [0.15, 0.2) is 12.4 Å². The summed E-state index contributed by atoms with van der Waals surface area (Å²) in [6.07, 6.45) is 3.93. The number of hydrogen-bond acceptors (Lipinski definition) is 4. The number of hydrogen-bond donors (Lipinski definition) is 0. The third-order valence-electron chi connectivity index (χ3n) is 2.66. The van der Waals surface area contributed by atoms with Crippen LogP contribution in [-0.4, -0.2) is 29.0 Å². The zero-order chi connectivity index (χ0) is 12.4. The summed E-state index contributed by atoms with van der Waals surface area (Å²) in [4.78, 5) is 4.05. The lowest BCUT2D eigenvalue weighted by atomic mass is 10.3. The van der Waals surface area contributed by atoms with Gasteiger partial charge in [-0.15, -0.1) is 0 Å². The second-order valence-corrected chi connectivity index (χ2v) is 3.93. The quantitative estimate of drug-likeness (QED) is 0.788. The normalized spacial score (nSPS) is 12.9. The maximum atomic E-state index is 6.03. The van der Waals surface area contributed by atoms with Crippen molar-refractivity contribution in [2.45, 2.75) is 19.6 Å². The van der Waals surface area contributed by atoms with Crippen molar-refractivity contribution in [1.29, 1.82) is 0 Å². The van der Waals surface area contributed by atoms with E-state index in [2.05, 4.69) is 10.1 Å². The molecule has 0 aromatic carbocycles. The summed E-state index contributed by atoms with van der Waals surface area (Å²) in [6, 6.07) is 0. The Morgan fingerprint density at radius 2 is 2.18 bits per heavy atom. The SMILES string of the molecule is CCC(OC)n1ncc2c(Cl)ncc(OC)c21. The Morgan fingerprint density at radius 1 is 1.41 bits per heavy atom. The lowest BCUT2D eigenvalue weighted by molar-refractivity contribution is 0.0343. The van der Waals surface area contributed by atoms with E-state index in [1.165, 1.54) is 0 Å². The first kappa shape index (κ1) is 12.1. The Balaban J connectivity index is 2.68. The van der Waals surface area contributed by atoms with Crippen molar-refractivity contribution in [3.63, 3.8) is 0 Å². The first-order valence-electron chi connectivity index (χ1n) is 5.31. The first-order valence-corrected chi connectivity index (χ1v) is 5.69. The van der Waals surface area contributed by atoms with E-state index in [1.54, 1.807) is 31.3 Å². The summed E-state index contributed by atoms with van der Waals surface area (Å²) in [5.41, 5.74) is 0.807. The van der Waals surface area contributed by atoms with Gasteiger partial charge in [-0.3, -0.25) is 0 Å². The van der Waals surface area contributed by atoms with Gasteiger partial charge < -0.3 is 9.47 Å². The van der Waals surface area contributed by atoms with Gasteiger partial charge in [-0.2, -0.15) is 5.10 Å². The van der Waals surface area contributed by atoms with Crippen LogP contribution < -0.4 is 4.74 Å².